The van der Waals surface area contributed by atoms with Crippen LogP contribution < -0.4 is 0 Å². The zero-order chi connectivity index (χ0) is 2.00. The molecule has 0 saturated carbocycles. The van der Waals surface area contributed by atoms with Gasteiger partial charge in [-0.1, -0.05) is 0 Å². The molecule has 0 unspecified atom stereocenters. The predicted molar refractivity (Wildman–Crippen MR) is 0.686 cm³/mol. The van der Waals surface area contributed by atoms with Gasteiger partial charge in [-0.25, -0.2) is 0 Å². The van der Waals surface area contributed by atoms with Crippen molar-refractivity contribution < 1.29 is 61.9 Å². The molecule has 4 heteroatoms. The van der Waals surface area contributed by atoms with E-state index in [2.05, 4.69) is 0 Å². The van der Waals surface area contributed by atoms with Crippen LogP contribution in [0.1, 0.15) is 0 Å². The molecule has 0 aromatic heterocycles. The number of hydrogen-bond donors (Lipinski definition) is 0. The van der Waals surface area contributed by atoms with Gasteiger partial charge in [-0.2, -0.15) is 0 Å². The summed E-state index contributed by atoms with van der Waals surface area (Å²) in [6.45, 7) is 0. The van der Waals surface area contributed by atoms with Crippen molar-refractivity contribution in [2.75, 3.05) is 0 Å². The molecular weight excluding hydrogens is 502 g/mol. The van der Waals surface area contributed by atoms with E-state index in [0.29, 0.717) is 0 Å². The normalized spacial score (nSPS) is 1.25. The summed E-state index contributed by atoms with van der Waals surface area (Å²) in [5.41, 5.74) is 0. The van der Waals surface area contributed by atoms with Gasteiger partial charge in [0.05, 0.1) is 0 Å². The molecular formula is Ir2ORu. The van der Waals surface area contributed by atoms with E-state index in [9.17, 15) is 0 Å². The smallest absolute Gasteiger partial charge is 0 e. The van der Waals surface area contributed by atoms with Crippen LogP contribution in [0.5, 0.6) is 0 Å². The molecule has 0 fully saturated rings. The van der Waals surface area contributed by atoms with Crippen molar-refractivity contribution in [2.24, 2.45) is 0 Å². The monoisotopic (exact) mass is 504 g/mol. The van der Waals surface area contributed by atoms with Crippen LogP contribution in [-0.2, 0) is 61.9 Å². The summed E-state index contributed by atoms with van der Waals surface area (Å²) >= 11 is 0.750. The second-order valence-electron chi connectivity index (χ2n) is 0. The second kappa shape index (κ2) is 22.1. The molecule has 0 amide bonds. The predicted octanol–water partition coefficient (Wildman–Crippen LogP) is -0.126. The number of hydrogen-bond acceptors (Lipinski definition) is 1. The molecule has 32 valence electrons. The summed E-state index contributed by atoms with van der Waals surface area (Å²) in [6, 6.07) is 0. The summed E-state index contributed by atoms with van der Waals surface area (Å²) < 4.78 is 8.25. The zero-order valence-corrected chi connectivity index (χ0v) is 7.96. The van der Waals surface area contributed by atoms with Crippen molar-refractivity contribution in [3.63, 3.8) is 0 Å². The van der Waals surface area contributed by atoms with Gasteiger partial charge in [0.15, 0.2) is 0 Å². The Kier molecular flexibility index (Phi) is 95.0. The third-order valence-corrected chi connectivity index (χ3v) is 0. The first-order chi connectivity index (χ1) is 1.00. The van der Waals surface area contributed by atoms with Crippen molar-refractivity contribution in [1.29, 1.82) is 0 Å². The Balaban J connectivity index is -0.00000000500. The van der Waals surface area contributed by atoms with Crippen molar-refractivity contribution in [3.8, 4) is 0 Å². The Hall–Kier alpha value is 1.72. The maximum absolute atomic E-state index is 8.25. The zero-order valence-electron chi connectivity index (χ0n) is 1.43. The van der Waals surface area contributed by atoms with Crippen LogP contribution in [0, 0.1) is 0 Å². The van der Waals surface area contributed by atoms with Crippen molar-refractivity contribution in [1.82, 2.24) is 0 Å². The third-order valence-electron chi connectivity index (χ3n) is 0. The average Bonchev–Trinajstić information content (AvgIpc) is 1.00. The Bertz CT molecular complexity index is 6.00. The van der Waals surface area contributed by atoms with Gasteiger partial charge in [0.25, 0.3) is 0 Å². The van der Waals surface area contributed by atoms with Crippen LogP contribution >= 0.6 is 0 Å². The van der Waals surface area contributed by atoms with E-state index in [1.54, 1.807) is 0 Å². The van der Waals surface area contributed by atoms with Crippen molar-refractivity contribution >= 4 is 0 Å². The summed E-state index contributed by atoms with van der Waals surface area (Å²) in [5.74, 6) is 0. The van der Waals surface area contributed by atoms with Crippen molar-refractivity contribution in [2.45, 2.75) is 0 Å². The Morgan fingerprint density at radius 2 is 1.25 bits per heavy atom. The Labute approximate surface area is 61.5 Å². The maximum atomic E-state index is 8.25. The van der Waals surface area contributed by atoms with Crippen LogP contribution in [0.3, 0.4) is 0 Å². The molecule has 0 aliphatic carbocycles. The molecule has 1 radical (unpaired) electrons. The number of rotatable bonds is 0. The SMILES string of the molecule is [Ir].[O]=[Ir].[Ru]. The molecule has 0 bridgehead atoms. The Morgan fingerprint density at radius 3 is 1.25 bits per heavy atom. The molecule has 0 spiro atoms. The average molecular weight is 502 g/mol. The van der Waals surface area contributed by atoms with E-state index in [4.69, 9.17) is 3.50 Å². The minimum Gasteiger partial charge on any atom is 0 e. The molecule has 0 aliphatic rings. The fraction of sp³-hybridized carbons (Fsp3) is 0. The summed E-state index contributed by atoms with van der Waals surface area (Å²) in [7, 11) is 0. The van der Waals surface area contributed by atoms with Gasteiger partial charge in [-0.05, 0) is 0 Å². The summed E-state index contributed by atoms with van der Waals surface area (Å²) in [4.78, 5) is 0. The molecule has 0 aliphatic heterocycles. The topological polar surface area (TPSA) is 17.1 Å². The Morgan fingerprint density at radius 1 is 1.25 bits per heavy atom. The standard InChI is InChI=1S/2Ir.O.Ru. The molecule has 0 rings (SSSR count). The summed E-state index contributed by atoms with van der Waals surface area (Å²) in [6.07, 6.45) is 0. The fourth-order valence-corrected chi connectivity index (χ4v) is 0. The van der Waals surface area contributed by atoms with Crippen LogP contribution in [0.4, 0.5) is 0 Å². The first kappa shape index (κ1) is 17.2. The van der Waals surface area contributed by atoms with E-state index in [-0.39, 0.29) is 39.6 Å². The van der Waals surface area contributed by atoms with Crippen molar-refractivity contribution in [3.05, 3.63) is 0 Å². The molecule has 1 nitrogen and oxygen atoms in total. The van der Waals surface area contributed by atoms with Crippen LogP contribution in [0.15, 0.2) is 0 Å². The van der Waals surface area contributed by atoms with Gasteiger partial charge < -0.3 is 0 Å². The fourth-order valence-electron chi connectivity index (χ4n) is 0. The van der Waals surface area contributed by atoms with E-state index >= 15 is 0 Å². The van der Waals surface area contributed by atoms with Crippen LogP contribution in [0.2, 0.25) is 0 Å². The molecule has 0 saturated heterocycles. The minimum atomic E-state index is 0. The maximum Gasteiger partial charge on any atom is 0 e. The molecule has 0 aromatic rings. The second-order valence-corrected chi connectivity index (χ2v) is 0. The van der Waals surface area contributed by atoms with Crippen LogP contribution in [0.25, 0.3) is 0 Å². The van der Waals surface area contributed by atoms with E-state index in [1.807, 2.05) is 0 Å². The third kappa shape index (κ3) is 9.30. The van der Waals surface area contributed by atoms with E-state index < -0.39 is 0 Å². The van der Waals surface area contributed by atoms with Gasteiger partial charge in [0.1, 0.15) is 0 Å². The quantitative estimate of drug-likeness (QED) is 0.423. The molecule has 0 aromatic carbocycles. The van der Waals surface area contributed by atoms with E-state index in [0.717, 1.165) is 18.9 Å². The molecule has 0 atom stereocenters. The van der Waals surface area contributed by atoms with Gasteiger partial charge in [-0.3, -0.25) is 0 Å². The minimum absolute atomic E-state index is 0. The molecule has 0 N–H and O–H groups in total. The van der Waals surface area contributed by atoms with E-state index in [1.165, 1.54) is 0 Å². The van der Waals surface area contributed by atoms with Gasteiger partial charge in [0.2, 0.25) is 0 Å². The largest absolute Gasteiger partial charge is 0 e. The molecule has 4 heavy (non-hydrogen) atoms. The first-order valence-electron chi connectivity index (χ1n) is 0.136. The van der Waals surface area contributed by atoms with Gasteiger partial charge >= 0.3 is 22.4 Å². The van der Waals surface area contributed by atoms with Gasteiger partial charge in [-0.15, -0.1) is 0 Å². The van der Waals surface area contributed by atoms with Gasteiger partial charge in [0, 0.05) is 39.6 Å². The van der Waals surface area contributed by atoms with Crippen LogP contribution in [-0.4, -0.2) is 0 Å². The molecule has 0 heterocycles. The summed E-state index contributed by atoms with van der Waals surface area (Å²) in [5, 5.41) is 0. The first-order valence-corrected chi connectivity index (χ1v) is 1.11.